The lowest BCUT2D eigenvalue weighted by Crippen LogP contribution is -1.60. The van der Waals surface area contributed by atoms with Crippen LogP contribution in [0.25, 0.3) is 0 Å². The summed E-state index contributed by atoms with van der Waals surface area (Å²) in [5.41, 5.74) is 0. The molecule has 0 unspecified atom stereocenters. The van der Waals surface area contributed by atoms with Gasteiger partial charge < -0.3 is 0 Å². The van der Waals surface area contributed by atoms with Crippen molar-refractivity contribution in [1.29, 1.82) is 0 Å². The first-order valence-electron chi connectivity index (χ1n) is 3.92. The van der Waals surface area contributed by atoms with Crippen LogP contribution in [-0.2, 0) is 0 Å². The average molecular weight is 158 g/mol. The monoisotopic (exact) mass is 158 g/mol. The molecule has 0 aliphatic heterocycles. The first-order chi connectivity index (χ1) is 5.91. The van der Waals surface area contributed by atoms with E-state index in [0.717, 1.165) is 12.8 Å². The fraction of sp³-hybridized carbons (Fsp3) is 0.167. The lowest BCUT2D eigenvalue weighted by atomic mass is 10.3. The van der Waals surface area contributed by atoms with Crippen molar-refractivity contribution in [2.75, 3.05) is 0 Å². The molecule has 0 heteroatoms. The third-order valence-corrected chi connectivity index (χ3v) is 1.11. The molecule has 0 nitrogen and oxygen atoms in total. The van der Waals surface area contributed by atoms with Gasteiger partial charge in [0.05, 0.1) is 0 Å². The third kappa shape index (κ3) is 8.52. The van der Waals surface area contributed by atoms with Crippen molar-refractivity contribution in [3.8, 4) is 11.8 Å². The van der Waals surface area contributed by atoms with E-state index in [1.165, 1.54) is 0 Å². The summed E-state index contributed by atoms with van der Waals surface area (Å²) in [6.07, 6.45) is 12.9. The van der Waals surface area contributed by atoms with Crippen LogP contribution in [0.3, 0.4) is 0 Å². The third-order valence-electron chi connectivity index (χ3n) is 1.11. The number of hydrogen-bond acceptors (Lipinski definition) is 0. The van der Waals surface area contributed by atoms with Crippen LogP contribution in [0, 0.1) is 11.8 Å². The topological polar surface area (TPSA) is 0 Å². The van der Waals surface area contributed by atoms with Gasteiger partial charge in [-0.05, 0) is 0 Å². The first-order valence-corrected chi connectivity index (χ1v) is 3.92. The normalized spacial score (nSPS) is 9.67. The Hall–Kier alpha value is -1.48. The minimum Gasteiger partial charge on any atom is -0.0991 e. The Balaban J connectivity index is 3.46. The van der Waals surface area contributed by atoms with Crippen LogP contribution >= 0.6 is 0 Å². The second kappa shape index (κ2) is 9.52. The van der Waals surface area contributed by atoms with Gasteiger partial charge >= 0.3 is 0 Å². The van der Waals surface area contributed by atoms with E-state index in [1.54, 1.807) is 12.2 Å². The lowest BCUT2D eigenvalue weighted by Gasteiger charge is -1.76. The Labute approximate surface area is 75.0 Å². The van der Waals surface area contributed by atoms with Crippen molar-refractivity contribution in [2.45, 2.75) is 12.8 Å². The fourth-order valence-electron chi connectivity index (χ4n) is 0.591. The highest BCUT2D eigenvalue weighted by Crippen LogP contribution is 1.83. The van der Waals surface area contributed by atoms with Gasteiger partial charge in [-0.1, -0.05) is 61.5 Å². The molecular formula is C12H14. The molecule has 0 aromatic rings. The molecule has 0 saturated carbocycles. The number of allylic oxidation sites excluding steroid dienone is 6. The summed E-state index contributed by atoms with van der Waals surface area (Å²) in [6.45, 7) is 7.12. The smallest absolute Gasteiger partial charge is 0.0272 e. The summed E-state index contributed by atoms with van der Waals surface area (Å²) in [7, 11) is 0. The SMILES string of the molecule is C=C/C=C\CC#CC/C=C\C=C. The van der Waals surface area contributed by atoms with Gasteiger partial charge in [0, 0.05) is 12.8 Å². The van der Waals surface area contributed by atoms with Gasteiger partial charge in [-0.3, -0.25) is 0 Å². The van der Waals surface area contributed by atoms with E-state index < -0.39 is 0 Å². The van der Waals surface area contributed by atoms with Crippen LogP contribution in [0.5, 0.6) is 0 Å². The van der Waals surface area contributed by atoms with Crippen molar-refractivity contribution >= 4 is 0 Å². The van der Waals surface area contributed by atoms with Crippen molar-refractivity contribution < 1.29 is 0 Å². The highest BCUT2D eigenvalue weighted by molar-refractivity contribution is 5.11. The highest BCUT2D eigenvalue weighted by Gasteiger charge is 1.67. The van der Waals surface area contributed by atoms with E-state index in [-0.39, 0.29) is 0 Å². The zero-order valence-electron chi connectivity index (χ0n) is 7.29. The largest absolute Gasteiger partial charge is 0.0991 e. The summed E-state index contributed by atoms with van der Waals surface area (Å²) in [5, 5.41) is 0. The maximum Gasteiger partial charge on any atom is 0.0272 e. The van der Waals surface area contributed by atoms with Crippen LogP contribution in [0.2, 0.25) is 0 Å². The van der Waals surface area contributed by atoms with Crippen molar-refractivity contribution in [2.24, 2.45) is 0 Å². The molecular weight excluding hydrogens is 144 g/mol. The zero-order chi connectivity index (χ0) is 9.07. The Kier molecular flexibility index (Phi) is 8.35. The van der Waals surface area contributed by atoms with E-state index in [9.17, 15) is 0 Å². The van der Waals surface area contributed by atoms with Crippen molar-refractivity contribution in [3.63, 3.8) is 0 Å². The molecule has 12 heavy (non-hydrogen) atoms. The van der Waals surface area contributed by atoms with Crippen LogP contribution in [0.4, 0.5) is 0 Å². The first kappa shape index (κ1) is 10.5. The Morgan fingerprint density at radius 3 is 1.58 bits per heavy atom. The standard InChI is InChI=1S/C12H14/c1-3-5-7-9-11-12-10-8-6-4-2/h3-8H,1-2,9-10H2/b7-5-,8-6-. The van der Waals surface area contributed by atoms with Gasteiger partial charge in [-0.2, -0.15) is 0 Å². The van der Waals surface area contributed by atoms with E-state index in [1.807, 2.05) is 24.3 Å². The predicted molar refractivity (Wildman–Crippen MR) is 55.7 cm³/mol. The summed E-state index contributed by atoms with van der Waals surface area (Å²) < 4.78 is 0. The van der Waals surface area contributed by atoms with Gasteiger partial charge in [0.15, 0.2) is 0 Å². The molecule has 0 atom stereocenters. The lowest BCUT2D eigenvalue weighted by molar-refractivity contribution is 1.41. The molecule has 0 radical (unpaired) electrons. The molecule has 0 amide bonds. The van der Waals surface area contributed by atoms with Crippen LogP contribution in [0.1, 0.15) is 12.8 Å². The van der Waals surface area contributed by atoms with Crippen molar-refractivity contribution in [3.05, 3.63) is 49.6 Å². The number of rotatable bonds is 4. The fourth-order valence-corrected chi connectivity index (χ4v) is 0.591. The molecule has 0 aromatic heterocycles. The average Bonchev–Trinajstić information content (AvgIpc) is 2.10. The van der Waals surface area contributed by atoms with Crippen LogP contribution in [0.15, 0.2) is 49.6 Å². The summed E-state index contributed by atoms with van der Waals surface area (Å²) in [5.74, 6) is 6.02. The van der Waals surface area contributed by atoms with Gasteiger partial charge in [0.1, 0.15) is 0 Å². The summed E-state index contributed by atoms with van der Waals surface area (Å²) >= 11 is 0. The molecule has 0 aliphatic rings. The minimum absolute atomic E-state index is 0.800. The summed E-state index contributed by atoms with van der Waals surface area (Å²) in [4.78, 5) is 0. The molecule has 0 heterocycles. The van der Waals surface area contributed by atoms with E-state index in [4.69, 9.17) is 0 Å². The quantitative estimate of drug-likeness (QED) is 0.435. The van der Waals surface area contributed by atoms with E-state index in [2.05, 4.69) is 25.0 Å². The van der Waals surface area contributed by atoms with E-state index >= 15 is 0 Å². The van der Waals surface area contributed by atoms with Crippen molar-refractivity contribution in [1.82, 2.24) is 0 Å². The van der Waals surface area contributed by atoms with Crippen LogP contribution < -0.4 is 0 Å². The second-order valence-corrected chi connectivity index (χ2v) is 2.09. The van der Waals surface area contributed by atoms with Gasteiger partial charge in [-0.25, -0.2) is 0 Å². The van der Waals surface area contributed by atoms with Gasteiger partial charge in [-0.15, -0.1) is 0 Å². The Morgan fingerprint density at radius 2 is 1.25 bits per heavy atom. The minimum atomic E-state index is 0.800. The molecule has 62 valence electrons. The Morgan fingerprint density at radius 1 is 0.833 bits per heavy atom. The zero-order valence-corrected chi connectivity index (χ0v) is 7.29. The van der Waals surface area contributed by atoms with Gasteiger partial charge in [0.25, 0.3) is 0 Å². The summed E-state index contributed by atoms with van der Waals surface area (Å²) in [6, 6.07) is 0. The van der Waals surface area contributed by atoms with E-state index in [0.29, 0.717) is 0 Å². The molecule has 0 saturated heterocycles. The molecule has 0 N–H and O–H groups in total. The molecule has 0 aromatic carbocycles. The maximum absolute atomic E-state index is 3.56. The predicted octanol–water partition coefficient (Wildman–Crippen LogP) is 3.25. The Bertz CT molecular complexity index is 206. The number of hydrogen-bond donors (Lipinski definition) is 0. The molecule has 0 spiro atoms. The van der Waals surface area contributed by atoms with Crippen LogP contribution in [-0.4, -0.2) is 0 Å². The maximum atomic E-state index is 3.56. The second-order valence-electron chi connectivity index (χ2n) is 2.09. The van der Waals surface area contributed by atoms with Gasteiger partial charge in [0.2, 0.25) is 0 Å². The molecule has 0 rings (SSSR count). The molecule has 0 aliphatic carbocycles. The molecule has 0 bridgehead atoms. The highest BCUT2D eigenvalue weighted by atomic mass is 13.7. The molecule has 0 fully saturated rings.